The Morgan fingerprint density at radius 2 is 1.82 bits per heavy atom. The highest BCUT2D eigenvalue weighted by Crippen LogP contribution is 2.25. The maximum absolute atomic E-state index is 12.1. The summed E-state index contributed by atoms with van der Waals surface area (Å²) in [7, 11) is 0. The number of benzene rings is 1. The first-order valence-electron chi connectivity index (χ1n) is 10.2. The number of hydrogen-bond donors (Lipinski definition) is 2. The van der Waals surface area contributed by atoms with Crippen molar-refractivity contribution in [1.29, 1.82) is 0 Å². The molecule has 6 heteroatoms. The topological polar surface area (TPSA) is 66.5 Å². The van der Waals surface area contributed by atoms with Crippen LogP contribution in [-0.4, -0.2) is 36.7 Å². The number of anilines is 4. The molecule has 28 heavy (non-hydrogen) atoms. The van der Waals surface area contributed by atoms with Gasteiger partial charge < -0.3 is 20.3 Å². The summed E-state index contributed by atoms with van der Waals surface area (Å²) in [5.41, 5.74) is 2.95. The molecule has 1 atom stereocenters. The van der Waals surface area contributed by atoms with Gasteiger partial charge in [0, 0.05) is 31.1 Å². The second kappa shape index (κ2) is 8.61. The fourth-order valence-electron chi connectivity index (χ4n) is 3.72. The van der Waals surface area contributed by atoms with E-state index < -0.39 is 0 Å². The van der Waals surface area contributed by atoms with Crippen LogP contribution in [0.3, 0.4) is 0 Å². The third-order valence-electron chi connectivity index (χ3n) is 5.54. The Labute approximate surface area is 166 Å². The van der Waals surface area contributed by atoms with Crippen LogP contribution in [0.2, 0.25) is 0 Å². The first-order chi connectivity index (χ1) is 13.7. The Kier molecular flexibility index (Phi) is 5.76. The lowest BCUT2D eigenvalue weighted by Crippen LogP contribution is -2.32. The predicted molar refractivity (Wildman–Crippen MR) is 112 cm³/mol. The van der Waals surface area contributed by atoms with Gasteiger partial charge in [-0.3, -0.25) is 4.79 Å². The minimum absolute atomic E-state index is 0.0947. The van der Waals surface area contributed by atoms with E-state index in [1.54, 1.807) is 6.20 Å². The number of nitrogens with one attached hydrogen (secondary N) is 2. The minimum atomic E-state index is -0.334. The van der Waals surface area contributed by atoms with Crippen LogP contribution in [-0.2, 0) is 9.53 Å². The van der Waals surface area contributed by atoms with Gasteiger partial charge in [-0.25, -0.2) is 4.98 Å². The van der Waals surface area contributed by atoms with E-state index in [0.717, 1.165) is 43.4 Å². The average molecular weight is 380 g/mol. The van der Waals surface area contributed by atoms with Gasteiger partial charge in [0.25, 0.3) is 5.91 Å². The van der Waals surface area contributed by atoms with Crippen LogP contribution < -0.4 is 15.5 Å². The van der Waals surface area contributed by atoms with E-state index in [1.165, 1.54) is 18.5 Å². The molecule has 148 valence electrons. The van der Waals surface area contributed by atoms with Gasteiger partial charge in [-0.15, -0.1) is 0 Å². The van der Waals surface area contributed by atoms with Gasteiger partial charge in [0.15, 0.2) is 0 Å². The quantitative estimate of drug-likeness (QED) is 0.815. The van der Waals surface area contributed by atoms with Crippen LogP contribution in [0.1, 0.15) is 32.6 Å². The lowest BCUT2D eigenvalue weighted by atomic mass is 9.99. The smallest absolute Gasteiger partial charge is 0.253 e. The Morgan fingerprint density at radius 3 is 2.46 bits per heavy atom. The first kappa shape index (κ1) is 18.7. The number of piperidine rings is 1. The number of carbonyl (C=O) groups is 1. The highest BCUT2D eigenvalue weighted by atomic mass is 16.5. The normalized spacial score (nSPS) is 20.2. The van der Waals surface area contributed by atoms with E-state index in [2.05, 4.69) is 51.7 Å². The Balaban J connectivity index is 1.32. The minimum Gasteiger partial charge on any atom is -0.372 e. The van der Waals surface area contributed by atoms with Crippen molar-refractivity contribution in [2.75, 3.05) is 35.2 Å². The molecule has 2 aromatic rings. The van der Waals surface area contributed by atoms with Crippen LogP contribution in [0.4, 0.5) is 22.9 Å². The van der Waals surface area contributed by atoms with E-state index >= 15 is 0 Å². The molecule has 1 aromatic heterocycles. The largest absolute Gasteiger partial charge is 0.372 e. The number of amides is 1. The summed E-state index contributed by atoms with van der Waals surface area (Å²) in [5, 5.41) is 6.17. The zero-order valence-corrected chi connectivity index (χ0v) is 16.4. The summed E-state index contributed by atoms with van der Waals surface area (Å²) < 4.78 is 5.40. The summed E-state index contributed by atoms with van der Waals surface area (Å²) in [6.45, 7) is 5.26. The number of rotatable bonds is 5. The lowest BCUT2D eigenvalue weighted by molar-refractivity contribution is -0.124. The highest BCUT2D eigenvalue weighted by Gasteiger charge is 2.23. The van der Waals surface area contributed by atoms with E-state index in [-0.39, 0.29) is 12.0 Å². The van der Waals surface area contributed by atoms with E-state index in [4.69, 9.17) is 4.74 Å². The third kappa shape index (κ3) is 4.62. The number of pyridine rings is 1. The monoisotopic (exact) mass is 380 g/mol. The van der Waals surface area contributed by atoms with Crippen molar-refractivity contribution >= 4 is 28.8 Å². The number of nitrogens with zero attached hydrogens (tertiary/aromatic N) is 2. The summed E-state index contributed by atoms with van der Waals surface area (Å²) in [4.78, 5) is 18.9. The standard InChI is InChI=1S/C22H28N4O2/c1-16-10-12-26(13-11-16)19-7-4-17(5-8-19)24-21-9-6-18(15-23-21)25-22(27)20-3-2-14-28-20/h4-9,15-16,20H,2-3,10-14H2,1H3,(H,23,24)(H,25,27). The molecule has 2 saturated heterocycles. The molecule has 2 N–H and O–H groups in total. The zero-order valence-electron chi connectivity index (χ0n) is 16.4. The molecular formula is C22H28N4O2. The molecular weight excluding hydrogens is 352 g/mol. The van der Waals surface area contributed by atoms with Crippen LogP contribution in [0, 0.1) is 5.92 Å². The van der Waals surface area contributed by atoms with Crippen molar-refractivity contribution in [3.8, 4) is 0 Å². The molecule has 1 aromatic carbocycles. The van der Waals surface area contributed by atoms with Crippen molar-refractivity contribution in [2.45, 2.75) is 38.7 Å². The van der Waals surface area contributed by atoms with Crippen LogP contribution in [0.15, 0.2) is 42.6 Å². The van der Waals surface area contributed by atoms with Gasteiger partial charge in [-0.2, -0.15) is 0 Å². The Morgan fingerprint density at radius 1 is 1.07 bits per heavy atom. The molecule has 0 spiro atoms. The molecule has 0 radical (unpaired) electrons. The van der Waals surface area contributed by atoms with E-state index in [1.807, 2.05) is 12.1 Å². The van der Waals surface area contributed by atoms with Crippen molar-refractivity contribution in [2.24, 2.45) is 5.92 Å². The molecule has 2 aliphatic rings. The SMILES string of the molecule is CC1CCN(c2ccc(Nc3ccc(NC(=O)C4CCCO4)cn3)cc2)CC1. The van der Waals surface area contributed by atoms with Crippen molar-refractivity contribution in [1.82, 2.24) is 4.98 Å². The summed E-state index contributed by atoms with van der Waals surface area (Å²) in [5.74, 6) is 1.49. The van der Waals surface area contributed by atoms with Crippen molar-refractivity contribution in [3.05, 3.63) is 42.6 Å². The van der Waals surface area contributed by atoms with Gasteiger partial charge >= 0.3 is 0 Å². The number of carbonyl (C=O) groups excluding carboxylic acids is 1. The van der Waals surface area contributed by atoms with Gasteiger partial charge in [0.2, 0.25) is 0 Å². The summed E-state index contributed by atoms with van der Waals surface area (Å²) in [6.07, 6.45) is 5.58. The average Bonchev–Trinajstić information content (AvgIpc) is 3.26. The molecule has 1 amide bonds. The van der Waals surface area contributed by atoms with E-state index in [9.17, 15) is 4.79 Å². The highest BCUT2D eigenvalue weighted by molar-refractivity contribution is 5.94. The lowest BCUT2D eigenvalue weighted by Gasteiger charge is -2.32. The number of aromatic nitrogens is 1. The van der Waals surface area contributed by atoms with Gasteiger partial charge in [-0.1, -0.05) is 6.92 Å². The molecule has 6 nitrogen and oxygen atoms in total. The second-order valence-electron chi connectivity index (χ2n) is 7.76. The third-order valence-corrected chi connectivity index (χ3v) is 5.54. The first-order valence-corrected chi connectivity index (χ1v) is 10.2. The van der Waals surface area contributed by atoms with Gasteiger partial charge in [-0.05, 0) is 68.0 Å². The van der Waals surface area contributed by atoms with Gasteiger partial charge in [0.1, 0.15) is 11.9 Å². The van der Waals surface area contributed by atoms with Crippen molar-refractivity contribution in [3.63, 3.8) is 0 Å². The maximum Gasteiger partial charge on any atom is 0.253 e. The van der Waals surface area contributed by atoms with Crippen LogP contribution in [0.25, 0.3) is 0 Å². The molecule has 4 rings (SSSR count). The Hall–Kier alpha value is -2.60. The molecule has 0 bridgehead atoms. The number of hydrogen-bond acceptors (Lipinski definition) is 5. The fourth-order valence-corrected chi connectivity index (χ4v) is 3.72. The molecule has 0 aliphatic carbocycles. The molecule has 2 aliphatic heterocycles. The van der Waals surface area contributed by atoms with Gasteiger partial charge in [0.05, 0.1) is 11.9 Å². The van der Waals surface area contributed by atoms with Crippen LogP contribution in [0.5, 0.6) is 0 Å². The maximum atomic E-state index is 12.1. The summed E-state index contributed by atoms with van der Waals surface area (Å²) in [6, 6.07) is 12.2. The Bertz CT molecular complexity index is 777. The molecule has 1 unspecified atom stereocenters. The van der Waals surface area contributed by atoms with E-state index in [0.29, 0.717) is 12.3 Å². The summed E-state index contributed by atoms with van der Waals surface area (Å²) >= 11 is 0. The zero-order chi connectivity index (χ0) is 19.3. The molecule has 3 heterocycles. The van der Waals surface area contributed by atoms with Crippen molar-refractivity contribution < 1.29 is 9.53 Å². The molecule has 0 saturated carbocycles. The fraction of sp³-hybridized carbons (Fsp3) is 0.455. The van der Waals surface area contributed by atoms with Crippen LogP contribution >= 0.6 is 0 Å². The number of ether oxygens (including phenoxy) is 1. The second-order valence-corrected chi connectivity index (χ2v) is 7.76. The predicted octanol–water partition coefficient (Wildman–Crippen LogP) is 4.18. The molecule has 2 fully saturated rings.